The minimum atomic E-state index is 0.344. The van der Waals surface area contributed by atoms with Gasteiger partial charge in [0, 0.05) is 18.4 Å². The van der Waals surface area contributed by atoms with Crippen LogP contribution in [0.5, 0.6) is 0 Å². The maximum absolute atomic E-state index is 5.45. The van der Waals surface area contributed by atoms with E-state index in [2.05, 4.69) is 41.5 Å². The topological polar surface area (TPSA) is 80.3 Å². The highest BCUT2D eigenvalue weighted by Gasteiger charge is 2.16. The number of hydrazine groups is 1. The number of nitrogens with two attached hydrogens (primary N) is 1. The second-order valence-corrected chi connectivity index (χ2v) is 4.79. The molecule has 0 saturated heterocycles. The Labute approximate surface area is 113 Å². The number of nitrogens with zero attached hydrogens (tertiary/aromatic N) is 3. The Balaban J connectivity index is 2.30. The fourth-order valence-corrected chi connectivity index (χ4v) is 2.43. The van der Waals surface area contributed by atoms with Gasteiger partial charge in [-0.25, -0.2) is 15.8 Å². The number of fused-ring (bicyclic) bond motifs is 1. The fourth-order valence-electron chi connectivity index (χ4n) is 2.43. The molecule has 0 bridgehead atoms. The van der Waals surface area contributed by atoms with Crippen molar-refractivity contribution in [3.05, 3.63) is 18.6 Å². The average Bonchev–Trinajstić information content (AvgIpc) is 2.88. The van der Waals surface area contributed by atoms with E-state index < -0.39 is 0 Å². The van der Waals surface area contributed by atoms with E-state index in [9.17, 15) is 0 Å². The summed E-state index contributed by atoms with van der Waals surface area (Å²) in [4.78, 5) is 8.78. The Morgan fingerprint density at radius 3 is 2.74 bits per heavy atom. The molecule has 0 radical (unpaired) electrons. The van der Waals surface area contributed by atoms with Crippen molar-refractivity contribution in [2.75, 3.05) is 10.7 Å². The molecule has 0 aliphatic carbocycles. The Morgan fingerprint density at radius 1 is 1.37 bits per heavy atom. The molecule has 0 aliphatic rings. The number of nitrogen functional groups attached to an aromatic ring is 1. The lowest BCUT2D eigenvalue weighted by Gasteiger charge is -2.23. The Kier molecular flexibility index (Phi) is 4.21. The molecule has 2 rings (SSSR count). The summed E-state index contributed by atoms with van der Waals surface area (Å²) in [5, 5.41) is 3.46. The highest BCUT2D eigenvalue weighted by atomic mass is 15.3. The third-order valence-electron chi connectivity index (χ3n) is 3.64. The molecule has 104 valence electrons. The summed E-state index contributed by atoms with van der Waals surface area (Å²) in [5.74, 6) is 7.44. The maximum Gasteiger partial charge on any atom is 0.180 e. The molecule has 6 heteroatoms. The molecule has 0 aliphatic heterocycles. The van der Waals surface area contributed by atoms with Crippen molar-refractivity contribution in [2.24, 2.45) is 11.8 Å². The Hall–Kier alpha value is -1.82. The van der Waals surface area contributed by atoms with Crippen molar-refractivity contribution < 1.29 is 0 Å². The fraction of sp³-hybridized carbons (Fsp3) is 0.538. The zero-order chi connectivity index (χ0) is 13.8. The van der Waals surface area contributed by atoms with Crippen LogP contribution in [-0.2, 0) is 0 Å². The maximum atomic E-state index is 5.45. The zero-order valence-electron chi connectivity index (χ0n) is 11.7. The van der Waals surface area contributed by atoms with Gasteiger partial charge < -0.3 is 15.1 Å². The van der Waals surface area contributed by atoms with Crippen LogP contribution >= 0.6 is 0 Å². The van der Waals surface area contributed by atoms with Crippen LogP contribution in [0.25, 0.3) is 5.65 Å². The van der Waals surface area contributed by atoms with Gasteiger partial charge in [0.05, 0.1) is 6.20 Å². The first kappa shape index (κ1) is 13.6. The van der Waals surface area contributed by atoms with Gasteiger partial charge in [-0.3, -0.25) is 0 Å². The highest BCUT2D eigenvalue weighted by molar-refractivity contribution is 5.65. The number of hydrogen-bond acceptors (Lipinski definition) is 5. The first-order chi connectivity index (χ1) is 9.19. The highest BCUT2D eigenvalue weighted by Crippen LogP contribution is 2.21. The summed E-state index contributed by atoms with van der Waals surface area (Å²) in [5.41, 5.74) is 3.40. The number of aromatic nitrogens is 3. The molecule has 4 N–H and O–H groups in total. The number of nitrogens with one attached hydrogen (secondary N) is 2. The summed E-state index contributed by atoms with van der Waals surface area (Å²) in [6.07, 6.45) is 7.73. The van der Waals surface area contributed by atoms with Crippen LogP contribution < -0.4 is 16.6 Å². The van der Waals surface area contributed by atoms with E-state index in [0.717, 1.165) is 24.3 Å². The number of hydrogen-bond donors (Lipinski definition) is 3. The van der Waals surface area contributed by atoms with Gasteiger partial charge >= 0.3 is 0 Å². The van der Waals surface area contributed by atoms with Gasteiger partial charge in [-0.1, -0.05) is 26.7 Å². The molecular weight excluding hydrogens is 240 g/mol. The molecule has 0 amide bonds. The molecule has 0 saturated carbocycles. The molecule has 1 atom stereocenters. The Morgan fingerprint density at radius 2 is 2.11 bits per heavy atom. The molecule has 0 aromatic carbocycles. The van der Waals surface area contributed by atoms with Gasteiger partial charge in [-0.2, -0.15) is 0 Å². The SMILES string of the molecule is CCC(CC)C(C)Nc1nc(NN)cn2ccnc12. The molecule has 0 spiro atoms. The minimum absolute atomic E-state index is 0.344. The van der Waals surface area contributed by atoms with E-state index in [1.54, 1.807) is 6.20 Å². The van der Waals surface area contributed by atoms with Crippen molar-refractivity contribution in [3.63, 3.8) is 0 Å². The average molecular weight is 262 g/mol. The quantitative estimate of drug-likeness (QED) is 0.549. The molecule has 1 unspecified atom stereocenters. The molecule has 6 nitrogen and oxygen atoms in total. The smallest absolute Gasteiger partial charge is 0.180 e. The van der Waals surface area contributed by atoms with Crippen LogP contribution in [0.4, 0.5) is 11.6 Å². The van der Waals surface area contributed by atoms with Gasteiger partial charge in [-0.15, -0.1) is 0 Å². The molecule has 0 fully saturated rings. The van der Waals surface area contributed by atoms with E-state index in [1.807, 2.05) is 16.8 Å². The first-order valence-electron chi connectivity index (χ1n) is 6.76. The third kappa shape index (κ3) is 2.78. The zero-order valence-corrected chi connectivity index (χ0v) is 11.7. The minimum Gasteiger partial charge on any atom is -0.364 e. The summed E-state index contributed by atoms with van der Waals surface area (Å²) >= 11 is 0. The van der Waals surface area contributed by atoms with Gasteiger partial charge in [-0.05, 0) is 12.8 Å². The van der Waals surface area contributed by atoms with Gasteiger partial charge in [0.1, 0.15) is 0 Å². The standard InChI is InChI=1S/C13H22N6/c1-4-10(5-2)9(3)16-12-13-15-6-7-19(13)8-11(17-12)18-14/h6-10,18H,4-5,14H2,1-3H3,(H,16,17). The van der Waals surface area contributed by atoms with Crippen molar-refractivity contribution >= 4 is 17.3 Å². The van der Waals surface area contributed by atoms with Crippen molar-refractivity contribution in [3.8, 4) is 0 Å². The molecule has 2 aromatic rings. The van der Waals surface area contributed by atoms with Crippen molar-refractivity contribution in [1.82, 2.24) is 14.4 Å². The predicted octanol–water partition coefficient (Wildman–Crippen LogP) is 2.25. The van der Waals surface area contributed by atoms with Crippen LogP contribution in [0.1, 0.15) is 33.6 Å². The molecule has 2 heterocycles. The number of anilines is 2. The lowest BCUT2D eigenvalue weighted by atomic mass is 9.95. The summed E-state index contributed by atoms with van der Waals surface area (Å²) in [6.45, 7) is 6.60. The normalized spacial score (nSPS) is 12.9. The predicted molar refractivity (Wildman–Crippen MR) is 78.0 cm³/mol. The lowest BCUT2D eigenvalue weighted by Crippen LogP contribution is -2.26. The van der Waals surface area contributed by atoms with E-state index in [-0.39, 0.29) is 0 Å². The van der Waals surface area contributed by atoms with Crippen LogP contribution in [0.2, 0.25) is 0 Å². The number of imidazole rings is 1. The van der Waals surface area contributed by atoms with Gasteiger partial charge in [0.15, 0.2) is 17.3 Å². The lowest BCUT2D eigenvalue weighted by molar-refractivity contribution is 0.437. The second-order valence-electron chi connectivity index (χ2n) is 4.79. The van der Waals surface area contributed by atoms with E-state index in [1.165, 1.54) is 0 Å². The van der Waals surface area contributed by atoms with Crippen LogP contribution in [-0.4, -0.2) is 20.4 Å². The number of rotatable bonds is 6. The van der Waals surface area contributed by atoms with Crippen LogP contribution in [0, 0.1) is 5.92 Å². The first-order valence-corrected chi connectivity index (χ1v) is 6.76. The van der Waals surface area contributed by atoms with Crippen LogP contribution in [0.15, 0.2) is 18.6 Å². The molecule has 19 heavy (non-hydrogen) atoms. The van der Waals surface area contributed by atoms with E-state index in [4.69, 9.17) is 5.84 Å². The van der Waals surface area contributed by atoms with Gasteiger partial charge in [0.2, 0.25) is 0 Å². The van der Waals surface area contributed by atoms with Crippen LogP contribution in [0.3, 0.4) is 0 Å². The van der Waals surface area contributed by atoms with E-state index >= 15 is 0 Å². The van der Waals surface area contributed by atoms with Crippen molar-refractivity contribution in [1.29, 1.82) is 0 Å². The summed E-state index contributed by atoms with van der Waals surface area (Å²) < 4.78 is 1.91. The van der Waals surface area contributed by atoms with E-state index in [0.29, 0.717) is 17.8 Å². The monoisotopic (exact) mass is 262 g/mol. The molecule has 2 aromatic heterocycles. The summed E-state index contributed by atoms with van der Waals surface area (Å²) in [6, 6.07) is 0.344. The molecular formula is C13H22N6. The van der Waals surface area contributed by atoms with Gasteiger partial charge in [0.25, 0.3) is 0 Å². The van der Waals surface area contributed by atoms with Crippen molar-refractivity contribution in [2.45, 2.75) is 39.7 Å². The third-order valence-corrected chi connectivity index (χ3v) is 3.64. The largest absolute Gasteiger partial charge is 0.364 e. The second kappa shape index (κ2) is 5.88. The summed E-state index contributed by atoms with van der Waals surface area (Å²) in [7, 11) is 0. The Bertz CT molecular complexity index is 531.